The van der Waals surface area contributed by atoms with Gasteiger partial charge in [-0.25, -0.2) is 0 Å². The lowest BCUT2D eigenvalue weighted by atomic mass is 9.95. The number of rotatable bonds is 7. The average Bonchev–Trinajstić information content (AvgIpc) is 2.13. The summed E-state index contributed by atoms with van der Waals surface area (Å²) in [6.45, 7) is 8.53. The monoisotopic (exact) mass is 238 g/mol. The summed E-state index contributed by atoms with van der Waals surface area (Å²) in [5, 5.41) is 0. The first-order chi connectivity index (χ1) is 6.33. The molecule has 0 amide bonds. The fourth-order valence-corrected chi connectivity index (χ4v) is 1.61. The minimum absolute atomic E-state index is 0.00503. The summed E-state index contributed by atoms with van der Waals surface area (Å²) in [6.07, 6.45) is 6.66. The van der Waals surface area contributed by atoms with Gasteiger partial charge in [-0.2, -0.15) is 0 Å². The topological polar surface area (TPSA) is 0 Å². The van der Waals surface area contributed by atoms with Gasteiger partial charge in [0.25, 0.3) is 0 Å². The third kappa shape index (κ3) is 6.95. The number of unbranched alkanes of at least 4 members (excludes halogenated alkanes) is 1. The quantitative estimate of drug-likeness (QED) is 0.414. The maximum Gasteiger partial charge on any atom is 0.0416 e. The first-order valence-electron chi connectivity index (χ1n) is 5.71. The highest BCUT2D eigenvalue weighted by Gasteiger charge is 2.20. The van der Waals surface area contributed by atoms with Crippen molar-refractivity contribution in [2.24, 2.45) is 0 Å². The van der Waals surface area contributed by atoms with Gasteiger partial charge in [0.05, 0.1) is 0 Å². The van der Waals surface area contributed by atoms with Crippen molar-refractivity contribution >= 4 is 23.2 Å². The van der Waals surface area contributed by atoms with E-state index in [2.05, 4.69) is 27.7 Å². The van der Waals surface area contributed by atoms with Gasteiger partial charge in [0, 0.05) is 9.75 Å². The molecule has 0 aliphatic carbocycles. The second-order valence-electron chi connectivity index (χ2n) is 4.74. The van der Waals surface area contributed by atoms with Crippen molar-refractivity contribution in [2.45, 2.75) is 76.0 Å². The molecule has 2 heteroatoms. The zero-order valence-corrected chi connectivity index (χ0v) is 11.5. The van der Waals surface area contributed by atoms with Crippen LogP contribution in [0.3, 0.4) is 0 Å². The molecule has 0 saturated carbocycles. The lowest BCUT2D eigenvalue weighted by molar-refractivity contribution is 0.470. The van der Waals surface area contributed by atoms with E-state index in [1.54, 1.807) is 0 Å². The van der Waals surface area contributed by atoms with Gasteiger partial charge in [0.15, 0.2) is 0 Å². The van der Waals surface area contributed by atoms with E-state index in [1.807, 2.05) is 0 Å². The van der Waals surface area contributed by atoms with Crippen molar-refractivity contribution in [3.63, 3.8) is 0 Å². The molecule has 0 fully saturated rings. The summed E-state index contributed by atoms with van der Waals surface area (Å²) in [7, 11) is 0. The number of hydrogen-bond donors (Lipinski definition) is 0. The molecule has 0 N–H and O–H groups in total. The van der Waals surface area contributed by atoms with Crippen LogP contribution in [0.1, 0.15) is 66.2 Å². The Morgan fingerprint density at radius 1 is 0.786 bits per heavy atom. The molecule has 0 spiro atoms. The molecule has 2 unspecified atom stereocenters. The minimum atomic E-state index is -0.00503. The largest absolute Gasteiger partial charge is 0.120 e. The second-order valence-corrected chi connectivity index (χ2v) is 6.57. The van der Waals surface area contributed by atoms with Crippen molar-refractivity contribution in [1.82, 2.24) is 0 Å². The van der Waals surface area contributed by atoms with Gasteiger partial charge in [-0.3, -0.25) is 0 Å². The van der Waals surface area contributed by atoms with Crippen molar-refractivity contribution in [2.75, 3.05) is 0 Å². The van der Waals surface area contributed by atoms with Crippen LogP contribution in [0.5, 0.6) is 0 Å². The van der Waals surface area contributed by atoms with Crippen molar-refractivity contribution in [3.05, 3.63) is 0 Å². The van der Waals surface area contributed by atoms with Gasteiger partial charge in [0.1, 0.15) is 0 Å². The molecule has 0 saturated heterocycles. The normalized spacial score (nSPS) is 20.1. The Labute approximate surface area is 99.4 Å². The Morgan fingerprint density at radius 2 is 1.07 bits per heavy atom. The third-order valence-electron chi connectivity index (χ3n) is 3.12. The van der Waals surface area contributed by atoms with E-state index in [-0.39, 0.29) is 9.75 Å². The summed E-state index contributed by atoms with van der Waals surface area (Å²) in [5.41, 5.74) is 0. The molecule has 0 heterocycles. The van der Waals surface area contributed by atoms with E-state index < -0.39 is 0 Å². The molecule has 0 aromatic carbocycles. The molecule has 0 rings (SSSR count). The third-order valence-corrected chi connectivity index (χ3v) is 4.03. The van der Waals surface area contributed by atoms with E-state index >= 15 is 0 Å². The smallest absolute Gasteiger partial charge is 0.0416 e. The van der Waals surface area contributed by atoms with Crippen LogP contribution in [0.4, 0.5) is 0 Å². The zero-order chi connectivity index (χ0) is 11.2. The maximum absolute atomic E-state index is 6.27. The Morgan fingerprint density at radius 3 is 1.29 bits per heavy atom. The van der Waals surface area contributed by atoms with Gasteiger partial charge in [0.2, 0.25) is 0 Å². The van der Waals surface area contributed by atoms with Crippen molar-refractivity contribution in [3.8, 4) is 0 Å². The Kier molecular flexibility index (Phi) is 6.48. The SMILES string of the molecule is CCC(C)(Cl)CCCCC(C)(Cl)CC. The summed E-state index contributed by atoms with van der Waals surface area (Å²) in [6, 6.07) is 0. The van der Waals surface area contributed by atoms with Crippen LogP contribution in [-0.4, -0.2) is 9.75 Å². The predicted molar refractivity (Wildman–Crippen MR) is 67.6 cm³/mol. The van der Waals surface area contributed by atoms with Gasteiger partial charge in [-0.1, -0.05) is 26.7 Å². The molecular weight excluding hydrogens is 215 g/mol. The first-order valence-corrected chi connectivity index (χ1v) is 6.46. The highest BCUT2D eigenvalue weighted by Crippen LogP contribution is 2.29. The molecule has 0 aromatic heterocycles. The van der Waals surface area contributed by atoms with E-state index in [4.69, 9.17) is 23.2 Å². The molecule has 14 heavy (non-hydrogen) atoms. The Hall–Kier alpha value is 0.580. The molecule has 0 aliphatic rings. The molecule has 0 aromatic rings. The van der Waals surface area contributed by atoms with Crippen LogP contribution in [0.15, 0.2) is 0 Å². The maximum atomic E-state index is 6.27. The number of halogens is 2. The van der Waals surface area contributed by atoms with E-state index in [0.717, 1.165) is 25.7 Å². The molecule has 0 radical (unpaired) electrons. The fourth-order valence-electron chi connectivity index (χ4n) is 1.34. The zero-order valence-electron chi connectivity index (χ0n) is 10.00. The first kappa shape index (κ1) is 14.6. The minimum Gasteiger partial charge on any atom is -0.120 e. The van der Waals surface area contributed by atoms with Gasteiger partial charge >= 0.3 is 0 Å². The molecular formula is C12H24Cl2. The lowest BCUT2D eigenvalue weighted by Gasteiger charge is -2.22. The number of hydrogen-bond acceptors (Lipinski definition) is 0. The molecule has 0 bridgehead atoms. The average molecular weight is 239 g/mol. The Balaban J connectivity index is 3.57. The summed E-state index contributed by atoms with van der Waals surface area (Å²) in [5.74, 6) is 0. The van der Waals surface area contributed by atoms with Crippen molar-refractivity contribution in [1.29, 1.82) is 0 Å². The van der Waals surface area contributed by atoms with Gasteiger partial charge in [-0.15, -0.1) is 23.2 Å². The van der Waals surface area contributed by atoms with Gasteiger partial charge in [-0.05, 0) is 39.5 Å². The Bertz CT molecular complexity index is 132. The standard InChI is InChI=1S/C12H24Cl2/c1-5-11(3,13)9-7-8-10-12(4,14)6-2/h5-10H2,1-4H3. The molecule has 0 aliphatic heterocycles. The van der Waals surface area contributed by atoms with Crippen LogP contribution in [0, 0.1) is 0 Å². The predicted octanol–water partition coefficient (Wildman–Crippen LogP) is 5.36. The van der Waals surface area contributed by atoms with Crippen LogP contribution in [0.2, 0.25) is 0 Å². The molecule has 0 nitrogen and oxygen atoms in total. The highest BCUT2D eigenvalue weighted by molar-refractivity contribution is 6.23. The van der Waals surface area contributed by atoms with Crippen LogP contribution in [-0.2, 0) is 0 Å². The van der Waals surface area contributed by atoms with Crippen LogP contribution in [0.25, 0.3) is 0 Å². The highest BCUT2D eigenvalue weighted by atomic mass is 35.5. The van der Waals surface area contributed by atoms with Crippen LogP contribution < -0.4 is 0 Å². The summed E-state index contributed by atoms with van der Waals surface area (Å²) >= 11 is 12.5. The van der Waals surface area contributed by atoms with E-state index in [9.17, 15) is 0 Å². The lowest BCUT2D eigenvalue weighted by Crippen LogP contribution is -2.17. The summed E-state index contributed by atoms with van der Waals surface area (Å²) in [4.78, 5) is -0.0101. The van der Waals surface area contributed by atoms with Crippen molar-refractivity contribution < 1.29 is 0 Å². The van der Waals surface area contributed by atoms with E-state index in [0.29, 0.717) is 0 Å². The van der Waals surface area contributed by atoms with Gasteiger partial charge < -0.3 is 0 Å². The molecule has 2 atom stereocenters. The number of alkyl halides is 2. The molecule has 86 valence electrons. The second kappa shape index (κ2) is 6.23. The fraction of sp³-hybridized carbons (Fsp3) is 1.00. The van der Waals surface area contributed by atoms with Crippen LogP contribution >= 0.6 is 23.2 Å². The summed E-state index contributed by atoms with van der Waals surface area (Å²) < 4.78 is 0. The van der Waals surface area contributed by atoms with E-state index in [1.165, 1.54) is 12.8 Å².